The maximum atomic E-state index is 11.5. The summed E-state index contributed by atoms with van der Waals surface area (Å²) >= 11 is 0. The number of phenolic OH excluding ortho intramolecular Hbond substituents is 1. The van der Waals surface area contributed by atoms with E-state index in [-0.39, 0.29) is 23.1 Å². The molecule has 2 rings (SSSR count). The highest BCUT2D eigenvalue weighted by molar-refractivity contribution is 5.71. The third-order valence-corrected chi connectivity index (χ3v) is 3.69. The Labute approximate surface area is 101 Å². The van der Waals surface area contributed by atoms with Gasteiger partial charge in [0, 0.05) is 5.92 Å². The molecule has 0 aliphatic heterocycles. The maximum absolute atomic E-state index is 11.5. The summed E-state index contributed by atoms with van der Waals surface area (Å²) in [5.41, 5.74) is 2.34. The molecule has 0 amide bonds. The highest BCUT2D eigenvalue weighted by Gasteiger charge is 2.40. The molecule has 1 unspecified atom stereocenters. The van der Waals surface area contributed by atoms with E-state index in [2.05, 4.69) is 13.8 Å². The van der Waals surface area contributed by atoms with Gasteiger partial charge in [0.05, 0.1) is 13.5 Å². The van der Waals surface area contributed by atoms with Crippen molar-refractivity contribution < 1.29 is 14.6 Å². The lowest BCUT2D eigenvalue weighted by molar-refractivity contribution is -0.141. The molecule has 0 saturated carbocycles. The summed E-state index contributed by atoms with van der Waals surface area (Å²) in [6, 6.07) is 5.43. The zero-order valence-electron chi connectivity index (χ0n) is 10.5. The lowest BCUT2D eigenvalue weighted by Crippen LogP contribution is -2.21. The first-order valence-corrected chi connectivity index (χ1v) is 5.82. The van der Waals surface area contributed by atoms with Gasteiger partial charge in [-0.05, 0) is 35.1 Å². The molecule has 1 aliphatic carbocycles. The number of carbonyl (C=O) groups is 1. The Bertz CT molecular complexity index is 449. The van der Waals surface area contributed by atoms with Crippen molar-refractivity contribution in [3.8, 4) is 5.75 Å². The molecule has 0 spiro atoms. The van der Waals surface area contributed by atoms with Crippen LogP contribution in [0.3, 0.4) is 0 Å². The van der Waals surface area contributed by atoms with Crippen molar-refractivity contribution in [2.24, 2.45) is 5.41 Å². The van der Waals surface area contributed by atoms with Gasteiger partial charge in [0.25, 0.3) is 0 Å². The van der Waals surface area contributed by atoms with Crippen LogP contribution >= 0.6 is 0 Å². The zero-order chi connectivity index (χ0) is 12.6. The van der Waals surface area contributed by atoms with Gasteiger partial charge in [0.15, 0.2) is 0 Å². The normalized spacial score (nSPS) is 21.0. The average molecular weight is 234 g/mol. The Kier molecular flexibility index (Phi) is 2.86. The van der Waals surface area contributed by atoms with Crippen LogP contribution in [0.2, 0.25) is 0 Å². The number of esters is 1. The van der Waals surface area contributed by atoms with Gasteiger partial charge in [-0.15, -0.1) is 0 Å². The molecule has 0 saturated heterocycles. The fraction of sp³-hybridized carbons (Fsp3) is 0.500. The van der Waals surface area contributed by atoms with E-state index in [9.17, 15) is 9.90 Å². The van der Waals surface area contributed by atoms with E-state index in [0.717, 1.165) is 12.0 Å². The fourth-order valence-electron chi connectivity index (χ4n) is 2.74. The zero-order valence-corrected chi connectivity index (χ0v) is 10.5. The van der Waals surface area contributed by atoms with E-state index in [0.29, 0.717) is 6.42 Å². The molecule has 17 heavy (non-hydrogen) atoms. The topological polar surface area (TPSA) is 46.5 Å². The number of fused-ring (bicyclic) bond motifs is 1. The van der Waals surface area contributed by atoms with Gasteiger partial charge in [0.2, 0.25) is 0 Å². The Balaban J connectivity index is 2.36. The molecule has 3 nitrogen and oxygen atoms in total. The first kappa shape index (κ1) is 12.0. The smallest absolute Gasteiger partial charge is 0.306 e. The maximum Gasteiger partial charge on any atom is 0.306 e. The second-order valence-corrected chi connectivity index (χ2v) is 5.38. The number of phenols is 1. The number of hydrogen-bond acceptors (Lipinski definition) is 3. The molecule has 1 N–H and O–H groups in total. The van der Waals surface area contributed by atoms with Crippen LogP contribution in [0.1, 0.15) is 37.3 Å². The number of ether oxygens (including phenoxy) is 1. The predicted octanol–water partition coefficient (Wildman–Crippen LogP) is 2.62. The minimum atomic E-state index is -0.195. The number of aromatic hydroxyl groups is 1. The van der Waals surface area contributed by atoms with Gasteiger partial charge in [-0.3, -0.25) is 4.79 Å². The largest absolute Gasteiger partial charge is 0.508 e. The molecule has 0 radical (unpaired) electrons. The number of methoxy groups -OCH3 is 1. The Morgan fingerprint density at radius 2 is 2.24 bits per heavy atom. The fourth-order valence-corrected chi connectivity index (χ4v) is 2.74. The summed E-state index contributed by atoms with van der Waals surface area (Å²) in [7, 11) is 1.41. The van der Waals surface area contributed by atoms with Crippen molar-refractivity contribution >= 4 is 5.97 Å². The van der Waals surface area contributed by atoms with Gasteiger partial charge < -0.3 is 9.84 Å². The van der Waals surface area contributed by atoms with Crippen LogP contribution < -0.4 is 0 Å². The standard InChI is InChI=1S/C14H18O3/c1-14(2)8-9-4-5-10(15)6-11(9)12(14)7-13(16)17-3/h4-6,12,15H,7-8H2,1-3H3. The molecule has 0 aromatic heterocycles. The summed E-state index contributed by atoms with van der Waals surface area (Å²) in [5, 5.41) is 9.56. The molecule has 0 heterocycles. The van der Waals surface area contributed by atoms with Crippen LogP contribution in [0, 0.1) is 5.41 Å². The van der Waals surface area contributed by atoms with Crippen molar-refractivity contribution in [3.63, 3.8) is 0 Å². The first-order chi connectivity index (χ1) is 7.94. The van der Waals surface area contributed by atoms with Crippen LogP contribution in [0.25, 0.3) is 0 Å². The molecular weight excluding hydrogens is 216 g/mol. The molecule has 1 aromatic rings. The van der Waals surface area contributed by atoms with E-state index < -0.39 is 0 Å². The molecule has 1 aromatic carbocycles. The number of carbonyl (C=O) groups excluding carboxylic acids is 1. The quantitative estimate of drug-likeness (QED) is 0.800. The highest BCUT2D eigenvalue weighted by atomic mass is 16.5. The second-order valence-electron chi connectivity index (χ2n) is 5.38. The van der Waals surface area contributed by atoms with E-state index in [1.165, 1.54) is 12.7 Å². The molecular formula is C14H18O3. The van der Waals surface area contributed by atoms with Crippen molar-refractivity contribution in [2.75, 3.05) is 7.11 Å². The minimum absolute atomic E-state index is 0.0321. The molecule has 3 heteroatoms. The number of hydrogen-bond donors (Lipinski definition) is 1. The summed E-state index contributed by atoms with van der Waals surface area (Å²) in [4.78, 5) is 11.5. The lowest BCUT2D eigenvalue weighted by atomic mass is 9.78. The van der Waals surface area contributed by atoms with Crippen LogP contribution in [0.15, 0.2) is 18.2 Å². The third-order valence-electron chi connectivity index (χ3n) is 3.69. The van der Waals surface area contributed by atoms with Gasteiger partial charge >= 0.3 is 5.97 Å². The van der Waals surface area contributed by atoms with Gasteiger partial charge in [-0.2, -0.15) is 0 Å². The molecule has 1 atom stereocenters. The molecule has 0 fully saturated rings. The Hall–Kier alpha value is -1.51. The average Bonchev–Trinajstić information content (AvgIpc) is 2.50. The van der Waals surface area contributed by atoms with E-state index >= 15 is 0 Å². The van der Waals surface area contributed by atoms with Crippen molar-refractivity contribution in [2.45, 2.75) is 32.6 Å². The third kappa shape index (κ3) is 2.14. The van der Waals surface area contributed by atoms with E-state index in [4.69, 9.17) is 4.74 Å². The molecule has 92 valence electrons. The monoisotopic (exact) mass is 234 g/mol. The van der Waals surface area contributed by atoms with E-state index in [1.807, 2.05) is 6.07 Å². The SMILES string of the molecule is COC(=O)CC1c2cc(O)ccc2CC1(C)C. The van der Waals surface area contributed by atoms with Crippen LogP contribution in [0.5, 0.6) is 5.75 Å². The summed E-state index contributed by atoms with van der Waals surface area (Å²) in [5.74, 6) is 0.188. The second kappa shape index (κ2) is 4.06. The number of benzene rings is 1. The van der Waals surface area contributed by atoms with Gasteiger partial charge in [0.1, 0.15) is 5.75 Å². The Morgan fingerprint density at radius 3 is 2.88 bits per heavy atom. The minimum Gasteiger partial charge on any atom is -0.508 e. The van der Waals surface area contributed by atoms with Crippen LogP contribution in [-0.2, 0) is 16.0 Å². The van der Waals surface area contributed by atoms with Crippen LogP contribution in [-0.4, -0.2) is 18.2 Å². The highest BCUT2D eigenvalue weighted by Crippen LogP contribution is 2.49. The van der Waals surface area contributed by atoms with Crippen molar-refractivity contribution in [3.05, 3.63) is 29.3 Å². The lowest BCUT2D eigenvalue weighted by Gasteiger charge is -2.26. The van der Waals surface area contributed by atoms with Gasteiger partial charge in [-0.25, -0.2) is 0 Å². The Morgan fingerprint density at radius 1 is 1.53 bits per heavy atom. The first-order valence-electron chi connectivity index (χ1n) is 5.82. The van der Waals surface area contributed by atoms with Crippen molar-refractivity contribution in [1.82, 2.24) is 0 Å². The number of rotatable bonds is 2. The van der Waals surface area contributed by atoms with Crippen LogP contribution in [0.4, 0.5) is 0 Å². The van der Waals surface area contributed by atoms with Gasteiger partial charge in [-0.1, -0.05) is 19.9 Å². The summed E-state index contributed by atoms with van der Waals surface area (Å²) in [6.07, 6.45) is 1.31. The summed E-state index contributed by atoms with van der Waals surface area (Å²) < 4.78 is 4.75. The molecule has 1 aliphatic rings. The predicted molar refractivity (Wildman–Crippen MR) is 65.0 cm³/mol. The molecule has 0 bridgehead atoms. The van der Waals surface area contributed by atoms with Crippen molar-refractivity contribution in [1.29, 1.82) is 0 Å². The summed E-state index contributed by atoms with van der Waals surface area (Å²) in [6.45, 7) is 4.30. The van der Waals surface area contributed by atoms with E-state index in [1.54, 1.807) is 12.1 Å².